The molecule has 1 aliphatic carbocycles. The van der Waals surface area contributed by atoms with Crippen LogP contribution in [-0.4, -0.2) is 11.8 Å². The molecule has 94 valence electrons. The van der Waals surface area contributed by atoms with Crippen molar-refractivity contribution in [2.24, 2.45) is 17.6 Å². The third-order valence-corrected chi connectivity index (χ3v) is 5.27. The number of hydrogen-bond donors (Lipinski definition) is 1. The van der Waals surface area contributed by atoms with E-state index >= 15 is 0 Å². The number of benzene rings is 1. The Balaban J connectivity index is 2.02. The van der Waals surface area contributed by atoms with Crippen molar-refractivity contribution >= 4 is 23.4 Å². The number of halogens is 1. The molecule has 2 N–H and O–H groups in total. The van der Waals surface area contributed by atoms with Crippen LogP contribution in [0.15, 0.2) is 29.2 Å². The first-order chi connectivity index (χ1) is 8.19. The lowest BCUT2D eigenvalue weighted by Crippen LogP contribution is -2.31. The van der Waals surface area contributed by atoms with Gasteiger partial charge in [-0.3, -0.25) is 0 Å². The first-order valence-corrected chi connectivity index (χ1v) is 7.57. The van der Waals surface area contributed by atoms with Crippen LogP contribution in [-0.2, 0) is 0 Å². The number of hydrogen-bond acceptors (Lipinski definition) is 2. The second-order valence-corrected chi connectivity index (χ2v) is 6.77. The molecule has 3 heteroatoms. The van der Waals surface area contributed by atoms with Crippen molar-refractivity contribution in [3.8, 4) is 0 Å². The van der Waals surface area contributed by atoms with Crippen LogP contribution in [0.3, 0.4) is 0 Å². The maximum atomic E-state index is 5.90. The summed E-state index contributed by atoms with van der Waals surface area (Å²) >= 11 is 7.88. The average Bonchev–Trinajstić information content (AvgIpc) is 2.32. The highest BCUT2D eigenvalue weighted by Crippen LogP contribution is 2.39. The number of rotatable bonds is 3. The molecule has 1 aromatic carbocycles. The van der Waals surface area contributed by atoms with E-state index in [2.05, 4.69) is 19.1 Å². The van der Waals surface area contributed by atoms with Gasteiger partial charge in [0.2, 0.25) is 0 Å². The highest BCUT2D eigenvalue weighted by molar-refractivity contribution is 8.00. The van der Waals surface area contributed by atoms with Crippen LogP contribution in [0.25, 0.3) is 0 Å². The minimum atomic E-state index is 0.671. The smallest absolute Gasteiger partial charge is 0.0406 e. The molecule has 3 unspecified atom stereocenters. The summed E-state index contributed by atoms with van der Waals surface area (Å²) in [6, 6.07) is 8.15. The Morgan fingerprint density at radius 1 is 1.29 bits per heavy atom. The normalized spacial score (nSPS) is 29.2. The molecule has 0 heterocycles. The first kappa shape index (κ1) is 13.3. The molecule has 1 nitrogen and oxygen atoms in total. The number of nitrogens with two attached hydrogens (primary N) is 1. The predicted octanol–water partition coefficient (Wildman–Crippen LogP) is 4.20. The summed E-state index contributed by atoms with van der Waals surface area (Å²) in [7, 11) is 0. The van der Waals surface area contributed by atoms with E-state index in [1.165, 1.54) is 24.2 Å². The van der Waals surface area contributed by atoms with Gasteiger partial charge in [0.15, 0.2) is 0 Å². The lowest BCUT2D eigenvalue weighted by Gasteiger charge is -2.33. The van der Waals surface area contributed by atoms with Crippen LogP contribution in [0.1, 0.15) is 26.2 Å². The van der Waals surface area contributed by atoms with Crippen LogP contribution >= 0.6 is 23.4 Å². The maximum Gasteiger partial charge on any atom is 0.0406 e. The molecular weight excluding hydrogens is 250 g/mol. The first-order valence-electron chi connectivity index (χ1n) is 6.31. The Bertz CT molecular complexity index is 352. The standard InChI is InChI=1S/C14H20ClNS/c1-10-2-3-11(9-16)14(8-10)17-13-6-4-12(15)5-7-13/h4-7,10-11,14H,2-3,8-9,16H2,1H3. The van der Waals surface area contributed by atoms with E-state index in [0.29, 0.717) is 11.2 Å². The Morgan fingerprint density at radius 2 is 2.00 bits per heavy atom. The quantitative estimate of drug-likeness (QED) is 0.890. The fourth-order valence-electron chi connectivity index (χ4n) is 2.49. The Kier molecular flexibility index (Phi) is 4.78. The van der Waals surface area contributed by atoms with Gasteiger partial charge in [-0.1, -0.05) is 24.9 Å². The molecule has 17 heavy (non-hydrogen) atoms. The highest BCUT2D eigenvalue weighted by Gasteiger charge is 2.28. The molecule has 0 saturated heterocycles. The lowest BCUT2D eigenvalue weighted by molar-refractivity contribution is 0.306. The largest absolute Gasteiger partial charge is 0.330 e. The van der Waals surface area contributed by atoms with Crippen LogP contribution in [0.5, 0.6) is 0 Å². The van der Waals surface area contributed by atoms with E-state index < -0.39 is 0 Å². The van der Waals surface area contributed by atoms with Crippen molar-refractivity contribution in [3.05, 3.63) is 29.3 Å². The van der Waals surface area contributed by atoms with Gasteiger partial charge in [0.1, 0.15) is 0 Å². The predicted molar refractivity (Wildman–Crippen MR) is 76.7 cm³/mol. The van der Waals surface area contributed by atoms with E-state index in [1.54, 1.807) is 0 Å². The van der Waals surface area contributed by atoms with Crippen molar-refractivity contribution < 1.29 is 0 Å². The summed E-state index contributed by atoms with van der Waals surface area (Å²) < 4.78 is 0. The van der Waals surface area contributed by atoms with Gasteiger partial charge in [0, 0.05) is 15.2 Å². The van der Waals surface area contributed by atoms with Crippen molar-refractivity contribution in [2.75, 3.05) is 6.54 Å². The minimum absolute atomic E-state index is 0.671. The zero-order valence-corrected chi connectivity index (χ0v) is 11.8. The third kappa shape index (κ3) is 3.64. The maximum absolute atomic E-state index is 5.90. The van der Waals surface area contributed by atoms with Crippen molar-refractivity contribution in [3.63, 3.8) is 0 Å². The monoisotopic (exact) mass is 269 g/mol. The summed E-state index contributed by atoms with van der Waals surface area (Å²) in [5.41, 5.74) is 5.88. The fourth-order valence-corrected chi connectivity index (χ4v) is 4.13. The molecule has 1 saturated carbocycles. The Morgan fingerprint density at radius 3 is 2.65 bits per heavy atom. The van der Waals surface area contributed by atoms with Crippen molar-refractivity contribution in [2.45, 2.75) is 36.3 Å². The van der Waals surface area contributed by atoms with Crippen LogP contribution in [0, 0.1) is 11.8 Å². The van der Waals surface area contributed by atoms with Crippen molar-refractivity contribution in [1.82, 2.24) is 0 Å². The van der Waals surface area contributed by atoms with Gasteiger partial charge in [-0.25, -0.2) is 0 Å². The second kappa shape index (κ2) is 6.12. The van der Waals surface area contributed by atoms with Gasteiger partial charge in [-0.2, -0.15) is 0 Å². The number of thioether (sulfide) groups is 1. The molecule has 0 radical (unpaired) electrons. The summed E-state index contributed by atoms with van der Waals surface area (Å²) in [6.45, 7) is 3.17. The molecular formula is C14H20ClNS. The van der Waals surface area contributed by atoms with Crippen LogP contribution in [0.2, 0.25) is 5.02 Å². The minimum Gasteiger partial charge on any atom is -0.330 e. The topological polar surface area (TPSA) is 26.0 Å². The van der Waals surface area contributed by atoms with Gasteiger partial charge in [0.25, 0.3) is 0 Å². The van der Waals surface area contributed by atoms with Gasteiger partial charge in [0.05, 0.1) is 0 Å². The van der Waals surface area contributed by atoms with E-state index in [4.69, 9.17) is 17.3 Å². The molecule has 2 rings (SSSR count). The SMILES string of the molecule is CC1CCC(CN)C(Sc2ccc(Cl)cc2)C1. The zero-order valence-electron chi connectivity index (χ0n) is 10.2. The van der Waals surface area contributed by atoms with Gasteiger partial charge < -0.3 is 5.73 Å². The molecule has 1 fully saturated rings. The molecule has 3 atom stereocenters. The third-order valence-electron chi connectivity index (χ3n) is 3.59. The fraction of sp³-hybridized carbons (Fsp3) is 0.571. The highest BCUT2D eigenvalue weighted by atomic mass is 35.5. The van der Waals surface area contributed by atoms with Gasteiger partial charge in [-0.05, 0) is 55.5 Å². The second-order valence-electron chi connectivity index (χ2n) is 5.02. The molecule has 0 aliphatic heterocycles. The lowest BCUT2D eigenvalue weighted by atomic mass is 9.82. The average molecular weight is 270 g/mol. The Labute approximate surface area is 113 Å². The van der Waals surface area contributed by atoms with E-state index in [-0.39, 0.29) is 0 Å². The molecule has 0 amide bonds. The van der Waals surface area contributed by atoms with E-state index in [1.807, 2.05) is 23.9 Å². The van der Waals surface area contributed by atoms with Crippen molar-refractivity contribution in [1.29, 1.82) is 0 Å². The van der Waals surface area contributed by atoms with Gasteiger partial charge >= 0.3 is 0 Å². The van der Waals surface area contributed by atoms with Crippen LogP contribution in [0.4, 0.5) is 0 Å². The molecule has 0 bridgehead atoms. The molecule has 1 aromatic rings. The molecule has 0 spiro atoms. The zero-order chi connectivity index (χ0) is 12.3. The summed E-state index contributed by atoms with van der Waals surface area (Å²) in [5.74, 6) is 1.51. The summed E-state index contributed by atoms with van der Waals surface area (Å²) in [5, 5.41) is 1.48. The Hall–Kier alpha value is -0.180. The van der Waals surface area contributed by atoms with Gasteiger partial charge in [-0.15, -0.1) is 11.8 Å². The molecule has 0 aromatic heterocycles. The van der Waals surface area contributed by atoms with Crippen LogP contribution < -0.4 is 5.73 Å². The molecule has 1 aliphatic rings. The van der Waals surface area contributed by atoms with E-state index in [9.17, 15) is 0 Å². The summed E-state index contributed by atoms with van der Waals surface area (Å²) in [6.07, 6.45) is 3.90. The summed E-state index contributed by atoms with van der Waals surface area (Å²) in [4.78, 5) is 1.31. The van der Waals surface area contributed by atoms with E-state index in [0.717, 1.165) is 17.5 Å².